The second kappa shape index (κ2) is 7.26. The van der Waals surface area contributed by atoms with Crippen LogP contribution < -0.4 is 5.32 Å². The smallest absolute Gasteiger partial charge is 0.171 e. The average Bonchev–Trinajstić information content (AvgIpc) is 2.16. The highest BCUT2D eigenvalue weighted by molar-refractivity contribution is 4.67. The lowest BCUT2D eigenvalue weighted by atomic mass is 10.2. The van der Waals surface area contributed by atoms with Gasteiger partial charge in [0.25, 0.3) is 0 Å². The van der Waals surface area contributed by atoms with Gasteiger partial charge in [0.1, 0.15) is 0 Å². The number of hydrogen-bond acceptors (Lipinski definition) is 4. The number of aliphatic hydroxyl groups excluding tert-OH is 1. The van der Waals surface area contributed by atoms with Gasteiger partial charge < -0.3 is 19.9 Å². The Kier molecular flexibility index (Phi) is 7.17. The maximum Gasteiger partial charge on any atom is 0.171 e. The number of ether oxygens (including phenoxy) is 2. The molecule has 0 saturated heterocycles. The van der Waals surface area contributed by atoms with Crippen molar-refractivity contribution in [1.82, 2.24) is 5.32 Å². The molecule has 0 fully saturated rings. The second-order valence-electron chi connectivity index (χ2n) is 3.10. The van der Waals surface area contributed by atoms with E-state index in [1.54, 1.807) is 14.2 Å². The van der Waals surface area contributed by atoms with Gasteiger partial charge in [-0.2, -0.15) is 0 Å². The van der Waals surface area contributed by atoms with Gasteiger partial charge in [-0.3, -0.25) is 0 Å². The summed E-state index contributed by atoms with van der Waals surface area (Å²) in [6, 6.07) is 0.0798. The molecule has 0 aliphatic heterocycles. The summed E-state index contributed by atoms with van der Waals surface area (Å²) in [6.07, 6.45) is 0.200. The molecule has 0 saturated carbocycles. The normalized spacial score (nSPS) is 16.2. The second-order valence-corrected chi connectivity index (χ2v) is 3.10. The summed E-state index contributed by atoms with van der Waals surface area (Å²) in [5, 5.41) is 12.4. The van der Waals surface area contributed by atoms with Crippen LogP contribution in [0.3, 0.4) is 0 Å². The molecule has 2 unspecified atom stereocenters. The first kappa shape index (κ1) is 12.8. The molecule has 0 rings (SSSR count). The summed E-state index contributed by atoms with van der Waals surface area (Å²) in [4.78, 5) is 0. The first-order valence-electron chi connectivity index (χ1n) is 4.62. The van der Waals surface area contributed by atoms with Crippen molar-refractivity contribution >= 4 is 0 Å². The van der Waals surface area contributed by atoms with Crippen LogP contribution in [0.4, 0.5) is 0 Å². The van der Waals surface area contributed by atoms with Gasteiger partial charge in [0.05, 0.1) is 12.1 Å². The Hall–Kier alpha value is -0.160. The molecule has 0 radical (unpaired) electrons. The molecule has 2 atom stereocenters. The molecule has 0 aliphatic rings. The van der Waals surface area contributed by atoms with E-state index in [0.29, 0.717) is 6.54 Å². The molecule has 4 nitrogen and oxygen atoms in total. The van der Waals surface area contributed by atoms with Crippen LogP contribution in [0.25, 0.3) is 0 Å². The summed E-state index contributed by atoms with van der Waals surface area (Å²) in [5.74, 6) is 0. The van der Waals surface area contributed by atoms with Crippen molar-refractivity contribution in [3.05, 3.63) is 0 Å². The summed E-state index contributed by atoms with van der Waals surface area (Å²) >= 11 is 0. The van der Waals surface area contributed by atoms with Gasteiger partial charge in [0, 0.05) is 20.8 Å². The number of rotatable bonds is 7. The van der Waals surface area contributed by atoms with E-state index in [2.05, 4.69) is 5.32 Å². The van der Waals surface area contributed by atoms with Crippen molar-refractivity contribution in [3.8, 4) is 0 Å². The van der Waals surface area contributed by atoms with Crippen LogP contribution in [0.1, 0.15) is 20.3 Å². The topological polar surface area (TPSA) is 50.7 Å². The number of hydrogen-bond donors (Lipinski definition) is 2. The zero-order chi connectivity index (χ0) is 10.3. The Balaban J connectivity index is 3.65. The van der Waals surface area contributed by atoms with Gasteiger partial charge in [0.15, 0.2) is 6.29 Å². The molecular formula is C9H21NO3. The van der Waals surface area contributed by atoms with Crippen molar-refractivity contribution in [3.63, 3.8) is 0 Å². The molecule has 0 aliphatic carbocycles. The zero-order valence-corrected chi connectivity index (χ0v) is 8.91. The maximum absolute atomic E-state index is 9.29. The molecule has 0 aromatic rings. The van der Waals surface area contributed by atoms with Crippen molar-refractivity contribution in [2.24, 2.45) is 0 Å². The fraction of sp³-hybridized carbons (Fsp3) is 1.00. The number of nitrogens with one attached hydrogen (secondary N) is 1. The van der Waals surface area contributed by atoms with E-state index >= 15 is 0 Å². The number of aliphatic hydroxyl groups is 1. The molecule has 4 heteroatoms. The minimum Gasteiger partial charge on any atom is -0.392 e. The summed E-state index contributed by atoms with van der Waals surface area (Å²) in [5.41, 5.74) is 0. The van der Waals surface area contributed by atoms with Crippen molar-refractivity contribution in [1.29, 1.82) is 0 Å². The fourth-order valence-corrected chi connectivity index (χ4v) is 1.07. The predicted octanol–water partition coefficient (Wildman–Crippen LogP) is 0.354. The first-order chi connectivity index (χ1) is 6.15. The van der Waals surface area contributed by atoms with E-state index in [4.69, 9.17) is 9.47 Å². The van der Waals surface area contributed by atoms with E-state index in [9.17, 15) is 5.11 Å². The third-order valence-corrected chi connectivity index (χ3v) is 2.02. The molecule has 0 aromatic carbocycles. The highest BCUT2D eigenvalue weighted by Crippen LogP contribution is 1.98. The van der Waals surface area contributed by atoms with Crippen LogP contribution in [0.15, 0.2) is 0 Å². The van der Waals surface area contributed by atoms with Crippen LogP contribution in [-0.4, -0.2) is 44.3 Å². The minimum atomic E-state index is -0.295. The molecule has 2 N–H and O–H groups in total. The summed E-state index contributed by atoms with van der Waals surface area (Å²) in [7, 11) is 3.20. The van der Waals surface area contributed by atoms with E-state index in [1.807, 2.05) is 13.8 Å². The summed E-state index contributed by atoms with van der Waals surface area (Å²) < 4.78 is 10.1. The fourth-order valence-electron chi connectivity index (χ4n) is 1.07. The van der Waals surface area contributed by atoms with Gasteiger partial charge in [-0.25, -0.2) is 0 Å². The largest absolute Gasteiger partial charge is 0.392 e. The highest BCUT2D eigenvalue weighted by Gasteiger charge is 2.15. The van der Waals surface area contributed by atoms with Crippen LogP contribution in [-0.2, 0) is 9.47 Å². The third kappa shape index (κ3) is 5.21. The van der Waals surface area contributed by atoms with E-state index in [1.165, 1.54) is 0 Å². The summed E-state index contributed by atoms with van der Waals surface area (Å²) in [6.45, 7) is 4.47. The molecule has 0 aromatic heterocycles. The van der Waals surface area contributed by atoms with Crippen molar-refractivity contribution in [2.75, 3.05) is 20.8 Å². The van der Waals surface area contributed by atoms with Crippen LogP contribution in [0, 0.1) is 0 Å². The molecule has 0 heterocycles. The third-order valence-electron chi connectivity index (χ3n) is 2.02. The minimum absolute atomic E-state index is 0.0798. The van der Waals surface area contributed by atoms with E-state index < -0.39 is 0 Å². The quantitative estimate of drug-likeness (QED) is 0.570. The van der Waals surface area contributed by atoms with Gasteiger partial charge in [-0.1, -0.05) is 6.92 Å². The van der Waals surface area contributed by atoms with Crippen LogP contribution in [0.2, 0.25) is 0 Å². The van der Waals surface area contributed by atoms with Gasteiger partial charge in [0.2, 0.25) is 0 Å². The Labute approximate surface area is 80.2 Å². The highest BCUT2D eigenvalue weighted by atomic mass is 16.7. The molecular weight excluding hydrogens is 170 g/mol. The van der Waals surface area contributed by atoms with Crippen molar-refractivity contribution < 1.29 is 14.6 Å². The lowest BCUT2D eigenvalue weighted by Crippen LogP contribution is -2.42. The van der Waals surface area contributed by atoms with Crippen molar-refractivity contribution in [2.45, 2.75) is 38.7 Å². The van der Waals surface area contributed by atoms with Crippen LogP contribution >= 0.6 is 0 Å². The molecule has 0 amide bonds. The van der Waals surface area contributed by atoms with Crippen LogP contribution in [0.5, 0.6) is 0 Å². The van der Waals surface area contributed by atoms with Gasteiger partial charge >= 0.3 is 0 Å². The number of methoxy groups -OCH3 is 2. The molecule has 0 bridgehead atoms. The lowest BCUT2D eigenvalue weighted by molar-refractivity contribution is -0.120. The lowest BCUT2D eigenvalue weighted by Gasteiger charge is -2.23. The average molecular weight is 191 g/mol. The Morgan fingerprint density at radius 2 is 1.85 bits per heavy atom. The van der Waals surface area contributed by atoms with Gasteiger partial charge in [-0.05, 0) is 13.3 Å². The first-order valence-corrected chi connectivity index (χ1v) is 4.62. The Morgan fingerprint density at radius 1 is 1.31 bits per heavy atom. The van der Waals surface area contributed by atoms with E-state index in [-0.39, 0.29) is 18.4 Å². The Morgan fingerprint density at radius 3 is 2.23 bits per heavy atom. The van der Waals surface area contributed by atoms with E-state index in [0.717, 1.165) is 6.42 Å². The predicted molar refractivity (Wildman–Crippen MR) is 51.6 cm³/mol. The van der Waals surface area contributed by atoms with Gasteiger partial charge in [-0.15, -0.1) is 0 Å². The molecule has 13 heavy (non-hydrogen) atoms. The molecule has 0 spiro atoms. The zero-order valence-electron chi connectivity index (χ0n) is 8.91. The molecule has 80 valence electrons. The Bertz CT molecular complexity index is 117. The standard InChI is InChI=1S/C9H21NO3/c1-5-8(11)6-10-7(2)9(12-3)13-4/h7-11H,5-6H2,1-4H3. The maximum atomic E-state index is 9.29. The monoisotopic (exact) mass is 191 g/mol. The SMILES string of the molecule is CCC(O)CNC(C)C(OC)OC.